The summed E-state index contributed by atoms with van der Waals surface area (Å²) >= 11 is 0. The molecule has 0 spiro atoms. The Morgan fingerprint density at radius 2 is 1.88 bits per heavy atom. The van der Waals surface area contributed by atoms with Gasteiger partial charge in [0.25, 0.3) is 5.92 Å². The summed E-state index contributed by atoms with van der Waals surface area (Å²) in [6.45, 7) is 8.83. The average Bonchev–Trinajstić information content (AvgIpc) is 2.46. The molecule has 1 rings (SSSR count). The normalized spacial score (nSPS) is 27.4. The highest BCUT2D eigenvalue weighted by Gasteiger charge is 2.53. The third-order valence-electron chi connectivity index (χ3n) is 3.96. The lowest BCUT2D eigenvalue weighted by molar-refractivity contribution is 0.00957. The molecule has 0 aliphatic heterocycles. The molecule has 4 heteroatoms. The van der Waals surface area contributed by atoms with E-state index in [4.69, 9.17) is 0 Å². The lowest BCUT2D eigenvalue weighted by Gasteiger charge is -2.35. The van der Waals surface area contributed by atoms with Crippen LogP contribution in [0.15, 0.2) is 0 Å². The molecule has 16 heavy (non-hydrogen) atoms. The van der Waals surface area contributed by atoms with Crippen molar-refractivity contribution < 1.29 is 8.78 Å². The van der Waals surface area contributed by atoms with E-state index >= 15 is 0 Å². The third kappa shape index (κ3) is 2.92. The molecular formula is C12H25F2NP+. The Labute approximate surface area is 98.7 Å². The van der Waals surface area contributed by atoms with E-state index in [1.165, 1.54) is 0 Å². The monoisotopic (exact) mass is 252 g/mol. The minimum absolute atomic E-state index is 0.0929. The summed E-state index contributed by atoms with van der Waals surface area (Å²) in [5.41, 5.74) is 0.238. The Morgan fingerprint density at radius 3 is 2.19 bits per heavy atom. The summed E-state index contributed by atoms with van der Waals surface area (Å²) in [6.07, 6.45) is 0.910. The highest BCUT2D eigenvalue weighted by atomic mass is 31.2. The van der Waals surface area contributed by atoms with Crippen LogP contribution >= 0.6 is 7.26 Å². The molecule has 0 amide bonds. The van der Waals surface area contributed by atoms with Crippen LogP contribution in [0.2, 0.25) is 0 Å². The van der Waals surface area contributed by atoms with Gasteiger partial charge in [0.05, 0.1) is 19.0 Å². The maximum atomic E-state index is 13.3. The first-order valence-corrected chi connectivity index (χ1v) is 8.91. The van der Waals surface area contributed by atoms with Crippen molar-refractivity contribution in [2.75, 3.05) is 20.4 Å². The zero-order valence-electron chi connectivity index (χ0n) is 11.1. The van der Waals surface area contributed by atoms with E-state index in [0.717, 1.165) is 0 Å². The van der Waals surface area contributed by atoms with Gasteiger partial charge >= 0.3 is 0 Å². The Kier molecular flexibility index (Phi) is 4.34. The van der Waals surface area contributed by atoms with Crippen LogP contribution in [0.25, 0.3) is 0 Å². The van der Waals surface area contributed by atoms with E-state index in [-0.39, 0.29) is 18.5 Å². The van der Waals surface area contributed by atoms with Crippen molar-refractivity contribution in [1.82, 2.24) is 5.32 Å². The van der Waals surface area contributed by atoms with Crippen LogP contribution in [0.4, 0.5) is 8.78 Å². The number of rotatable bonds is 4. The minimum Gasteiger partial charge on any atom is -0.286 e. The van der Waals surface area contributed by atoms with Gasteiger partial charge in [-0.15, -0.1) is 0 Å². The molecule has 1 fully saturated rings. The second kappa shape index (κ2) is 4.86. The fourth-order valence-electron chi connectivity index (χ4n) is 3.16. The van der Waals surface area contributed by atoms with E-state index in [1.54, 1.807) is 0 Å². The zero-order chi connectivity index (χ0) is 12.6. The zero-order valence-corrected chi connectivity index (χ0v) is 12.0. The minimum atomic E-state index is -2.41. The van der Waals surface area contributed by atoms with E-state index in [0.29, 0.717) is 18.1 Å². The number of hydrogen-bond acceptors (Lipinski definition) is 1. The Morgan fingerprint density at radius 1 is 1.31 bits per heavy atom. The molecular weight excluding hydrogens is 227 g/mol. The van der Waals surface area contributed by atoms with Crippen molar-refractivity contribution >= 4 is 7.26 Å². The van der Waals surface area contributed by atoms with Gasteiger partial charge in [0.15, 0.2) is 0 Å². The molecule has 2 atom stereocenters. The number of halogens is 2. The quantitative estimate of drug-likeness (QED) is 0.753. The van der Waals surface area contributed by atoms with E-state index < -0.39 is 13.2 Å². The van der Waals surface area contributed by atoms with Crippen LogP contribution in [0.5, 0.6) is 0 Å². The molecule has 0 heterocycles. The van der Waals surface area contributed by atoms with Gasteiger partial charge in [0.1, 0.15) is 5.78 Å². The number of hydrogen-bond donors (Lipinski definition) is 1. The predicted molar refractivity (Wildman–Crippen MR) is 69.0 cm³/mol. The molecule has 1 nitrogen and oxygen atoms in total. The standard InChI is InChI=1S/C12H25F2NP/c1-9(2)11(15-3)16(4,5)10-6-7-12(13,14)8-10/h9-11,15H,6-8H2,1-5H3/q+1. The van der Waals surface area contributed by atoms with E-state index in [2.05, 4.69) is 32.5 Å². The van der Waals surface area contributed by atoms with Gasteiger partial charge in [-0.05, 0) is 13.5 Å². The molecule has 1 aliphatic carbocycles. The van der Waals surface area contributed by atoms with Crippen molar-refractivity contribution in [3.63, 3.8) is 0 Å². The molecule has 1 N–H and O–H groups in total. The van der Waals surface area contributed by atoms with Crippen LogP contribution in [0.1, 0.15) is 33.1 Å². The molecule has 96 valence electrons. The van der Waals surface area contributed by atoms with Crippen molar-refractivity contribution in [2.45, 2.75) is 50.5 Å². The lowest BCUT2D eigenvalue weighted by atomic mass is 10.2. The summed E-state index contributed by atoms with van der Waals surface area (Å²) in [5, 5.41) is 3.35. The number of alkyl halides is 2. The molecule has 0 saturated heterocycles. The topological polar surface area (TPSA) is 12.0 Å². The van der Waals surface area contributed by atoms with Crippen LogP contribution in [0, 0.1) is 5.92 Å². The first-order chi connectivity index (χ1) is 7.20. The van der Waals surface area contributed by atoms with Crippen molar-refractivity contribution in [2.24, 2.45) is 5.92 Å². The molecule has 0 bridgehead atoms. The molecule has 0 aromatic rings. The third-order valence-corrected chi connectivity index (χ3v) is 8.57. The Balaban J connectivity index is 2.77. The summed E-state index contributed by atoms with van der Waals surface area (Å²) in [6, 6.07) is 0. The highest BCUT2D eigenvalue weighted by Crippen LogP contribution is 2.66. The summed E-state index contributed by atoms with van der Waals surface area (Å²) < 4.78 is 26.6. The van der Waals surface area contributed by atoms with Crippen molar-refractivity contribution in [3.05, 3.63) is 0 Å². The lowest BCUT2D eigenvalue weighted by Crippen LogP contribution is -2.36. The molecule has 0 aromatic heterocycles. The van der Waals surface area contributed by atoms with Gasteiger partial charge in [0, 0.05) is 26.0 Å². The van der Waals surface area contributed by atoms with Gasteiger partial charge in [0.2, 0.25) is 0 Å². The highest BCUT2D eigenvalue weighted by molar-refractivity contribution is 7.75. The fourth-order valence-corrected chi connectivity index (χ4v) is 7.35. The largest absolute Gasteiger partial charge is 0.286 e. The smallest absolute Gasteiger partial charge is 0.252 e. The number of nitrogens with one attached hydrogen (secondary N) is 1. The van der Waals surface area contributed by atoms with Crippen molar-refractivity contribution in [1.29, 1.82) is 0 Å². The maximum Gasteiger partial charge on any atom is 0.252 e. The van der Waals surface area contributed by atoms with Crippen molar-refractivity contribution in [3.8, 4) is 0 Å². The van der Waals surface area contributed by atoms with E-state index in [9.17, 15) is 8.78 Å². The fraction of sp³-hybridized carbons (Fsp3) is 1.00. The second-order valence-corrected chi connectivity index (χ2v) is 10.4. The van der Waals surface area contributed by atoms with E-state index in [1.807, 2.05) is 7.05 Å². The molecule has 2 unspecified atom stereocenters. The SMILES string of the molecule is CNC(C(C)C)[P+](C)(C)C1CCC(F)(F)C1. The van der Waals surface area contributed by atoms with Crippen LogP contribution in [-0.4, -0.2) is 37.7 Å². The predicted octanol–water partition coefficient (Wildman–Crippen LogP) is 3.65. The molecule has 1 aliphatic rings. The molecule has 0 aromatic carbocycles. The Bertz CT molecular complexity index is 241. The van der Waals surface area contributed by atoms with Crippen LogP contribution in [-0.2, 0) is 0 Å². The molecule has 0 radical (unpaired) electrons. The summed E-state index contributed by atoms with van der Waals surface area (Å²) in [5.74, 6) is -1.48. The van der Waals surface area contributed by atoms with Crippen LogP contribution < -0.4 is 5.32 Å². The second-order valence-electron chi connectivity index (χ2n) is 5.86. The van der Waals surface area contributed by atoms with Gasteiger partial charge in [-0.1, -0.05) is 13.8 Å². The first-order valence-electron chi connectivity index (χ1n) is 6.09. The Hall–Kier alpha value is 0.250. The van der Waals surface area contributed by atoms with Gasteiger partial charge in [-0.2, -0.15) is 0 Å². The van der Waals surface area contributed by atoms with Gasteiger partial charge < -0.3 is 0 Å². The molecule has 1 saturated carbocycles. The first kappa shape index (κ1) is 14.3. The average molecular weight is 252 g/mol. The summed E-state index contributed by atoms with van der Waals surface area (Å²) in [4.78, 5) is 0. The summed E-state index contributed by atoms with van der Waals surface area (Å²) in [7, 11) is 0.630. The van der Waals surface area contributed by atoms with Gasteiger partial charge in [-0.25, -0.2) is 8.78 Å². The van der Waals surface area contributed by atoms with Crippen LogP contribution in [0.3, 0.4) is 0 Å². The maximum absolute atomic E-state index is 13.3. The van der Waals surface area contributed by atoms with Gasteiger partial charge in [-0.3, -0.25) is 5.32 Å².